The number of aliphatic hydroxyl groups excluding tert-OH is 1. The summed E-state index contributed by atoms with van der Waals surface area (Å²) in [6.45, 7) is 3.74. The number of nitrogens with zero attached hydrogens (tertiary/aromatic N) is 2. The fourth-order valence-corrected chi connectivity index (χ4v) is 4.37. The molecule has 0 saturated heterocycles. The predicted molar refractivity (Wildman–Crippen MR) is 119 cm³/mol. The molecule has 0 amide bonds. The van der Waals surface area contributed by atoms with Crippen molar-refractivity contribution in [3.63, 3.8) is 0 Å². The molecule has 0 unspecified atom stereocenters. The van der Waals surface area contributed by atoms with Crippen molar-refractivity contribution >= 4 is 5.97 Å². The van der Waals surface area contributed by atoms with Gasteiger partial charge in [-0.1, -0.05) is 38.3 Å². The fourth-order valence-electron chi connectivity index (χ4n) is 4.37. The molecule has 31 heavy (non-hydrogen) atoms. The fraction of sp³-hybridized carbons (Fsp3) is 0.560. The molecule has 0 bridgehead atoms. The molecule has 3 rings (SSSR count). The van der Waals surface area contributed by atoms with Crippen molar-refractivity contribution < 1.29 is 19.0 Å². The van der Waals surface area contributed by atoms with Crippen molar-refractivity contribution in [3.8, 4) is 0 Å². The largest absolute Gasteiger partial charge is 0.463 e. The first-order valence-electron chi connectivity index (χ1n) is 11.5. The van der Waals surface area contributed by atoms with Crippen LogP contribution < -0.4 is 0 Å². The zero-order valence-electron chi connectivity index (χ0n) is 18.5. The molecular weight excluding hydrogens is 395 g/mol. The van der Waals surface area contributed by atoms with Gasteiger partial charge in [0.05, 0.1) is 0 Å². The Kier molecular flexibility index (Phi) is 9.10. The third kappa shape index (κ3) is 7.47. The standard InChI is InChI=1S/C25H35FN2O3/c1-2-8-25(30)31-19-24(29)18-28(22-11-4-3-5-12-22)17-23-13-7-14-27(23)16-20-9-6-10-21(26)15-20/h6-7,9-10,13-15,22,24,29H,2-5,8,11-12,16-19H2,1H3/t24-/m1/s1. The van der Waals surface area contributed by atoms with Crippen LogP contribution in [0.4, 0.5) is 4.39 Å². The Morgan fingerprint density at radius 1 is 1.26 bits per heavy atom. The zero-order valence-corrected chi connectivity index (χ0v) is 18.5. The molecule has 1 saturated carbocycles. The van der Waals surface area contributed by atoms with Crippen LogP contribution in [0.5, 0.6) is 0 Å². The van der Waals surface area contributed by atoms with Gasteiger partial charge in [-0.2, -0.15) is 0 Å². The lowest BCUT2D eigenvalue weighted by molar-refractivity contribution is -0.147. The predicted octanol–water partition coefficient (Wildman–Crippen LogP) is 4.51. The van der Waals surface area contributed by atoms with E-state index in [0.29, 0.717) is 32.1 Å². The lowest BCUT2D eigenvalue weighted by Crippen LogP contribution is -2.43. The number of carbonyl (C=O) groups is 1. The number of rotatable bonds is 11. The van der Waals surface area contributed by atoms with Crippen LogP contribution in [0.15, 0.2) is 42.6 Å². The van der Waals surface area contributed by atoms with Crippen LogP contribution in [0.3, 0.4) is 0 Å². The highest BCUT2D eigenvalue weighted by molar-refractivity contribution is 5.69. The van der Waals surface area contributed by atoms with Crippen LogP contribution in [0.1, 0.15) is 63.1 Å². The van der Waals surface area contributed by atoms with E-state index in [4.69, 9.17) is 4.74 Å². The molecule has 0 aliphatic heterocycles. The molecule has 1 aromatic heterocycles. The Balaban J connectivity index is 1.66. The van der Waals surface area contributed by atoms with E-state index in [1.807, 2.05) is 25.3 Å². The summed E-state index contributed by atoms with van der Waals surface area (Å²) < 4.78 is 21.0. The minimum atomic E-state index is -0.714. The van der Waals surface area contributed by atoms with Gasteiger partial charge in [0, 0.05) is 44.0 Å². The maximum absolute atomic E-state index is 13.6. The average Bonchev–Trinajstić information content (AvgIpc) is 3.19. The molecule has 1 N–H and O–H groups in total. The summed E-state index contributed by atoms with van der Waals surface area (Å²) >= 11 is 0. The Bertz CT molecular complexity index is 817. The molecule has 170 valence electrons. The molecule has 1 atom stereocenters. The van der Waals surface area contributed by atoms with Gasteiger partial charge in [0.15, 0.2) is 0 Å². The van der Waals surface area contributed by atoms with Gasteiger partial charge >= 0.3 is 5.97 Å². The van der Waals surface area contributed by atoms with Gasteiger partial charge in [-0.15, -0.1) is 0 Å². The number of esters is 1. The summed E-state index contributed by atoms with van der Waals surface area (Å²) in [5.74, 6) is -0.481. The molecule has 6 heteroatoms. The Morgan fingerprint density at radius 2 is 2.06 bits per heavy atom. The van der Waals surface area contributed by atoms with Crippen LogP contribution in [-0.2, 0) is 22.6 Å². The molecule has 0 radical (unpaired) electrons. The summed E-state index contributed by atoms with van der Waals surface area (Å²) in [4.78, 5) is 14.0. The molecule has 1 aliphatic rings. The van der Waals surface area contributed by atoms with Crippen molar-refractivity contribution in [3.05, 3.63) is 59.7 Å². The maximum Gasteiger partial charge on any atom is 0.305 e. The molecule has 2 aromatic rings. The van der Waals surface area contributed by atoms with Crippen molar-refractivity contribution in [2.24, 2.45) is 0 Å². The third-order valence-corrected chi connectivity index (χ3v) is 5.96. The van der Waals surface area contributed by atoms with E-state index in [1.54, 1.807) is 12.1 Å². The highest BCUT2D eigenvalue weighted by atomic mass is 19.1. The highest BCUT2D eigenvalue weighted by Gasteiger charge is 2.25. The molecule has 1 aliphatic carbocycles. The van der Waals surface area contributed by atoms with Crippen molar-refractivity contribution in [2.75, 3.05) is 13.2 Å². The molecule has 1 heterocycles. The van der Waals surface area contributed by atoms with Crippen molar-refractivity contribution in [2.45, 2.75) is 77.1 Å². The molecular formula is C25H35FN2O3. The van der Waals surface area contributed by atoms with E-state index >= 15 is 0 Å². The Morgan fingerprint density at radius 3 is 2.81 bits per heavy atom. The van der Waals surface area contributed by atoms with Crippen LogP contribution in [-0.4, -0.2) is 45.8 Å². The molecule has 0 spiro atoms. The summed E-state index contributed by atoms with van der Waals surface area (Å²) in [5.41, 5.74) is 2.05. The summed E-state index contributed by atoms with van der Waals surface area (Å²) in [6, 6.07) is 11.2. The van der Waals surface area contributed by atoms with E-state index < -0.39 is 6.10 Å². The number of aliphatic hydroxyl groups is 1. The topological polar surface area (TPSA) is 54.7 Å². The number of hydrogen-bond donors (Lipinski definition) is 1. The van der Waals surface area contributed by atoms with Gasteiger partial charge in [-0.3, -0.25) is 9.69 Å². The highest BCUT2D eigenvalue weighted by Crippen LogP contribution is 2.25. The maximum atomic E-state index is 13.6. The normalized spacial score (nSPS) is 15.9. The molecule has 1 fully saturated rings. The average molecular weight is 431 g/mol. The van der Waals surface area contributed by atoms with Gasteiger partial charge < -0.3 is 14.4 Å². The van der Waals surface area contributed by atoms with Crippen LogP contribution in [0.25, 0.3) is 0 Å². The van der Waals surface area contributed by atoms with Gasteiger partial charge in [0.2, 0.25) is 0 Å². The minimum absolute atomic E-state index is 0.0341. The van der Waals surface area contributed by atoms with Crippen LogP contribution in [0, 0.1) is 5.82 Å². The lowest BCUT2D eigenvalue weighted by Gasteiger charge is -2.35. The van der Waals surface area contributed by atoms with Crippen LogP contribution >= 0.6 is 0 Å². The van der Waals surface area contributed by atoms with Gasteiger partial charge in [-0.25, -0.2) is 4.39 Å². The summed E-state index contributed by atoms with van der Waals surface area (Å²) in [7, 11) is 0. The second-order valence-corrected chi connectivity index (χ2v) is 8.57. The number of ether oxygens (including phenoxy) is 1. The number of carbonyl (C=O) groups excluding carboxylic acids is 1. The number of hydrogen-bond acceptors (Lipinski definition) is 4. The first-order chi connectivity index (χ1) is 15.0. The lowest BCUT2D eigenvalue weighted by atomic mass is 9.94. The first-order valence-corrected chi connectivity index (χ1v) is 11.5. The minimum Gasteiger partial charge on any atom is -0.463 e. The van der Waals surface area contributed by atoms with Crippen LogP contribution in [0.2, 0.25) is 0 Å². The monoisotopic (exact) mass is 430 g/mol. The van der Waals surface area contributed by atoms with Gasteiger partial charge in [0.25, 0.3) is 0 Å². The smallest absolute Gasteiger partial charge is 0.305 e. The number of aromatic nitrogens is 1. The van der Waals surface area contributed by atoms with Gasteiger partial charge in [-0.05, 0) is 49.1 Å². The summed E-state index contributed by atoms with van der Waals surface area (Å²) in [5, 5.41) is 10.6. The van der Waals surface area contributed by atoms with E-state index in [-0.39, 0.29) is 18.4 Å². The second kappa shape index (κ2) is 12.0. The van der Waals surface area contributed by atoms with E-state index in [9.17, 15) is 14.3 Å². The number of benzene rings is 1. The quantitative estimate of drug-likeness (QED) is 0.533. The van der Waals surface area contributed by atoms with Gasteiger partial charge in [0.1, 0.15) is 18.5 Å². The van der Waals surface area contributed by atoms with E-state index in [1.165, 1.54) is 25.3 Å². The number of halogens is 1. The molecule has 5 nitrogen and oxygen atoms in total. The van der Waals surface area contributed by atoms with Crippen molar-refractivity contribution in [1.29, 1.82) is 0 Å². The van der Waals surface area contributed by atoms with E-state index in [2.05, 4.69) is 15.5 Å². The Labute approximate surface area is 184 Å². The third-order valence-electron chi connectivity index (χ3n) is 5.96. The Hall–Kier alpha value is -2.18. The first kappa shape index (κ1) is 23.5. The molecule has 1 aromatic carbocycles. The second-order valence-electron chi connectivity index (χ2n) is 8.57. The SMILES string of the molecule is CCCC(=O)OC[C@H](O)CN(Cc1cccn1Cc1cccc(F)c1)C1CCCCC1. The summed E-state index contributed by atoms with van der Waals surface area (Å²) in [6.07, 6.45) is 8.33. The van der Waals surface area contributed by atoms with E-state index in [0.717, 1.165) is 30.5 Å². The van der Waals surface area contributed by atoms with Crippen molar-refractivity contribution in [1.82, 2.24) is 9.47 Å². The zero-order chi connectivity index (χ0) is 22.1.